The van der Waals surface area contributed by atoms with E-state index in [1.165, 1.54) is 37.3 Å². The molecule has 0 saturated carbocycles. The number of hydrogen-bond acceptors (Lipinski definition) is 11. The number of benzene rings is 3. The van der Waals surface area contributed by atoms with E-state index in [2.05, 4.69) is 30.8 Å². The van der Waals surface area contributed by atoms with E-state index in [4.69, 9.17) is 0 Å². The molecule has 0 radical (unpaired) electrons. The van der Waals surface area contributed by atoms with E-state index in [0.717, 1.165) is 18.2 Å². The van der Waals surface area contributed by atoms with E-state index in [0.29, 0.717) is 0 Å². The number of carbonyl (C=O) groups is 1. The van der Waals surface area contributed by atoms with Gasteiger partial charge in [-0.2, -0.15) is 36.3 Å². The van der Waals surface area contributed by atoms with Gasteiger partial charge in [0, 0.05) is 23.4 Å². The van der Waals surface area contributed by atoms with Crippen molar-refractivity contribution in [2.45, 2.75) is 16.7 Å². The van der Waals surface area contributed by atoms with Crippen LogP contribution in [0.2, 0.25) is 0 Å². The second kappa shape index (κ2) is 10.3. The van der Waals surface area contributed by atoms with Crippen LogP contribution in [-0.4, -0.2) is 46.8 Å². The van der Waals surface area contributed by atoms with Crippen LogP contribution in [0.25, 0.3) is 10.8 Å². The van der Waals surface area contributed by atoms with Crippen LogP contribution >= 0.6 is 0 Å². The van der Waals surface area contributed by atoms with E-state index in [1.807, 2.05) is 0 Å². The van der Waals surface area contributed by atoms with Gasteiger partial charge in [0.25, 0.3) is 26.3 Å². The number of nitrogens with zero attached hydrogens (tertiary/aromatic N) is 4. The number of carbonyl (C=O) groups excluding carboxylic acids is 1. The SMILES string of the molecule is CC(=O)Nc1cc(Nc2nc(F)[nH]c(=O)n2)ccc1N=Nc1cc(S(=O)(=O)O)c2cccc(S(=O)(=O)O)c2c1. The lowest BCUT2D eigenvalue weighted by molar-refractivity contribution is -0.114. The summed E-state index contributed by atoms with van der Waals surface area (Å²) < 4.78 is 80.3. The molecule has 5 N–H and O–H groups in total. The molecule has 1 aromatic heterocycles. The number of hydrogen-bond donors (Lipinski definition) is 5. The van der Waals surface area contributed by atoms with E-state index < -0.39 is 47.7 Å². The highest BCUT2D eigenvalue weighted by Crippen LogP contribution is 2.35. The summed E-state index contributed by atoms with van der Waals surface area (Å²) >= 11 is 0. The van der Waals surface area contributed by atoms with Gasteiger partial charge in [0.15, 0.2) is 0 Å². The standard InChI is InChI=1S/C21H16FN7O8S2/c1-10(30)23-16-8-11(24-20-25-19(22)26-21(31)27-20)5-6-15(16)29-28-12-7-14-13(18(9-12)39(35,36)37)3-2-4-17(14)38(32,33)34/h2-9H,1H3,(H,23,30)(H,32,33,34)(H,35,36,37)(H2,24,25,26,27,31). The van der Waals surface area contributed by atoms with Gasteiger partial charge in [-0.25, -0.2) is 4.79 Å². The second-order valence-corrected chi connectivity index (χ2v) is 10.5. The molecule has 4 rings (SSSR count). The van der Waals surface area contributed by atoms with Crippen LogP contribution in [0.15, 0.2) is 73.3 Å². The molecule has 1 heterocycles. The molecule has 0 aliphatic carbocycles. The maximum atomic E-state index is 13.4. The van der Waals surface area contributed by atoms with Gasteiger partial charge in [-0.3, -0.25) is 18.9 Å². The van der Waals surface area contributed by atoms with Crippen LogP contribution in [0.3, 0.4) is 0 Å². The van der Waals surface area contributed by atoms with Crippen LogP contribution in [0, 0.1) is 6.08 Å². The Morgan fingerprint density at radius 1 is 0.949 bits per heavy atom. The van der Waals surface area contributed by atoms with Gasteiger partial charge in [-0.05, 0) is 36.4 Å². The fraction of sp³-hybridized carbons (Fsp3) is 0.0476. The predicted molar refractivity (Wildman–Crippen MR) is 134 cm³/mol. The third-order valence-corrected chi connectivity index (χ3v) is 6.72. The van der Waals surface area contributed by atoms with Gasteiger partial charge in [0.05, 0.1) is 11.4 Å². The van der Waals surface area contributed by atoms with Gasteiger partial charge in [0.2, 0.25) is 11.9 Å². The third-order valence-electron chi connectivity index (χ3n) is 4.92. The topological polar surface area (TPSA) is 233 Å². The predicted octanol–water partition coefficient (Wildman–Crippen LogP) is 3.07. The smallest absolute Gasteiger partial charge is 0.324 e. The molecule has 3 aromatic carbocycles. The number of halogens is 1. The Labute approximate surface area is 218 Å². The van der Waals surface area contributed by atoms with Gasteiger partial charge >= 0.3 is 5.69 Å². The summed E-state index contributed by atoms with van der Waals surface area (Å²) in [6.45, 7) is 1.20. The number of anilines is 3. The van der Waals surface area contributed by atoms with Crippen molar-refractivity contribution < 1.29 is 35.1 Å². The van der Waals surface area contributed by atoms with Crippen LogP contribution in [0.1, 0.15) is 6.92 Å². The van der Waals surface area contributed by atoms with E-state index >= 15 is 0 Å². The van der Waals surface area contributed by atoms with Gasteiger partial charge < -0.3 is 10.6 Å². The van der Waals surface area contributed by atoms with Crippen molar-refractivity contribution in [1.82, 2.24) is 15.0 Å². The Bertz CT molecular complexity index is 1940. The fourth-order valence-electron chi connectivity index (χ4n) is 3.45. The molecule has 1 amide bonds. The first-order valence-corrected chi connectivity index (χ1v) is 13.3. The molecule has 0 atom stereocenters. The fourth-order valence-corrected chi connectivity index (χ4v) is 4.87. The summed E-state index contributed by atoms with van der Waals surface area (Å²) in [7, 11) is -9.66. The molecular weight excluding hydrogens is 561 g/mol. The summed E-state index contributed by atoms with van der Waals surface area (Å²) in [5, 5.41) is 12.5. The average Bonchev–Trinajstić information content (AvgIpc) is 2.80. The van der Waals surface area contributed by atoms with Crippen molar-refractivity contribution in [2.75, 3.05) is 10.6 Å². The Kier molecular flexibility index (Phi) is 7.20. The number of nitrogens with one attached hydrogen (secondary N) is 3. The largest absolute Gasteiger partial charge is 0.351 e. The lowest BCUT2D eigenvalue weighted by Crippen LogP contribution is -2.16. The zero-order valence-corrected chi connectivity index (χ0v) is 21.1. The first-order chi connectivity index (χ1) is 18.2. The Morgan fingerprint density at radius 3 is 2.31 bits per heavy atom. The zero-order valence-electron chi connectivity index (χ0n) is 19.4. The van der Waals surface area contributed by atoms with E-state index in [-0.39, 0.29) is 39.5 Å². The minimum Gasteiger partial charge on any atom is -0.324 e. The molecular formula is C21H16FN7O8S2. The van der Waals surface area contributed by atoms with Gasteiger partial charge in [-0.1, -0.05) is 12.1 Å². The Morgan fingerprint density at radius 2 is 1.67 bits per heavy atom. The van der Waals surface area contributed by atoms with E-state index in [1.54, 1.807) is 4.98 Å². The molecule has 0 aliphatic rings. The maximum absolute atomic E-state index is 13.4. The summed E-state index contributed by atoms with van der Waals surface area (Å²) in [6.07, 6.45) is -1.18. The molecule has 39 heavy (non-hydrogen) atoms. The molecule has 18 heteroatoms. The molecule has 0 fully saturated rings. The summed E-state index contributed by atoms with van der Waals surface area (Å²) in [4.78, 5) is 30.4. The highest BCUT2D eigenvalue weighted by molar-refractivity contribution is 7.86. The van der Waals surface area contributed by atoms with Crippen LogP contribution < -0.4 is 16.3 Å². The molecule has 202 valence electrons. The summed E-state index contributed by atoms with van der Waals surface area (Å²) in [5.74, 6) is -0.887. The number of aromatic amines is 1. The highest BCUT2D eigenvalue weighted by atomic mass is 32.2. The number of azo groups is 1. The molecule has 0 aliphatic heterocycles. The van der Waals surface area contributed by atoms with Crippen LogP contribution in [0.4, 0.5) is 33.1 Å². The second-order valence-electron chi connectivity index (χ2n) is 7.75. The molecule has 0 bridgehead atoms. The van der Waals surface area contributed by atoms with Gasteiger partial charge in [-0.15, -0.1) is 5.11 Å². The number of H-pyrrole nitrogens is 1. The molecule has 0 saturated heterocycles. The minimum absolute atomic E-state index is 0.0327. The monoisotopic (exact) mass is 577 g/mol. The molecule has 15 nitrogen and oxygen atoms in total. The van der Waals surface area contributed by atoms with Crippen molar-refractivity contribution in [3.8, 4) is 0 Å². The Balaban J connectivity index is 1.80. The van der Waals surface area contributed by atoms with Crippen molar-refractivity contribution in [1.29, 1.82) is 0 Å². The van der Waals surface area contributed by atoms with E-state index in [9.17, 15) is 39.9 Å². The summed E-state index contributed by atoms with van der Waals surface area (Å²) in [5.41, 5.74) is -0.912. The minimum atomic E-state index is -4.87. The maximum Gasteiger partial charge on any atom is 0.351 e. The highest BCUT2D eigenvalue weighted by Gasteiger charge is 2.21. The average molecular weight is 578 g/mol. The molecule has 4 aromatic rings. The summed E-state index contributed by atoms with van der Waals surface area (Å²) in [6, 6.07) is 9.57. The Hall–Kier alpha value is -4.65. The quantitative estimate of drug-likeness (QED) is 0.158. The van der Waals surface area contributed by atoms with Crippen molar-refractivity contribution in [3.63, 3.8) is 0 Å². The molecule has 0 unspecified atom stereocenters. The lowest BCUT2D eigenvalue weighted by atomic mass is 10.1. The number of aromatic nitrogens is 3. The van der Waals surface area contributed by atoms with Crippen molar-refractivity contribution in [2.24, 2.45) is 10.2 Å². The van der Waals surface area contributed by atoms with Crippen LogP contribution in [-0.2, 0) is 25.0 Å². The lowest BCUT2D eigenvalue weighted by Gasteiger charge is -2.10. The first kappa shape index (κ1) is 27.4. The number of rotatable bonds is 7. The van der Waals surface area contributed by atoms with Gasteiger partial charge in [0.1, 0.15) is 15.5 Å². The zero-order chi connectivity index (χ0) is 28.5. The first-order valence-electron chi connectivity index (χ1n) is 10.5. The number of amides is 1. The number of fused-ring (bicyclic) bond motifs is 1. The van der Waals surface area contributed by atoms with Crippen LogP contribution in [0.5, 0.6) is 0 Å². The third kappa shape index (κ3) is 6.44. The van der Waals surface area contributed by atoms with Crippen molar-refractivity contribution >= 4 is 65.6 Å². The molecule has 0 spiro atoms. The van der Waals surface area contributed by atoms with Crippen molar-refractivity contribution in [3.05, 3.63) is 65.1 Å². The normalized spacial score (nSPS) is 12.1.